The first-order valence-electron chi connectivity index (χ1n) is 12.3. The van der Waals surface area contributed by atoms with Gasteiger partial charge in [-0.3, -0.25) is 9.10 Å². The molecule has 0 aliphatic carbocycles. The summed E-state index contributed by atoms with van der Waals surface area (Å²) in [5.74, 6) is -1.51. The molecular formula is C27H24F2N4O3S2. The molecule has 38 heavy (non-hydrogen) atoms. The normalized spacial score (nSPS) is 16.1. The molecule has 3 heterocycles. The number of hydrogen-bond donors (Lipinski definition) is 0. The lowest BCUT2D eigenvalue weighted by atomic mass is 10.0. The number of benzene rings is 3. The summed E-state index contributed by atoms with van der Waals surface area (Å²) in [6.45, 7) is 2.26. The molecule has 0 unspecified atom stereocenters. The summed E-state index contributed by atoms with van der Waals surface area (Å²) < 4.78 is 56.2. The number of fused-ring (bicyclic) bond motifs is 2. The van der Waals surface area contributed by atoms with E-state index in [1.54, 1.807) is 17.0 Å². The highest BCUT2D eigenvalue weighted by atomic mass is 32.2. The molecule has 1 amide bonds. The number of anilines is 2. The Balaban J connectivity index is 1.14. The van der Waals surface area contributed by atoms with E-state index in [9.17, 15) is 22.0 Å². The minimum atomic E-state index is -3.75. The molecule has 1 aromatic heterocycles. The van der Waals surface area contributed by atoms with Crippen LogP contribution in [0.1, 0.15) is 22.3 Å². The van der Waals surface area contributed by atoms with E-state index in [4.69, 9.17) is 0 Å². The highest BCUT2D eigenvalue weighted by Gasteiger charge is 2.30. The van der Waals surface area contributed by atoms with E-state index in [0.29, 0.717) is 53.8 Å². The van der Waals surface area contributed by atoms with E-state index in [0.717, 1.165) is 24.5 Å². The molecule has 0 N–H and O–H groups in total. The molecule has 6 rings (SSSR count). The summed E-state index contributed by atoms with van der Waals surface area (Å²) in [5.41, 5.74) is 2.27. The fraction of sp³-hybridized carbons (Fsp3) is 0.259. The van der Waals surface area contributed by atoms with Gasteiger partial charge in [0.15, 0.2) is 10.9 Å². The third kappa shape index (κ3) is 4.39. The largest absolute Gasteiger partial charge is 0.345 e. The van der Waals surface area contributed by atoms with Crippen LogP contribution < -0.4 is 9.21 Å². The number of amides is 1. The molecule has 1 fully saturated rings. The van der Waals surface area contributed by atoms with Crippen LogP contribution in [0.15, 0.2) is 65.6 Å². The van der Waals surface area contributed by atoms with Gasteiger partial charge in [-0.25, -0.2) is 22.2 Å². The number of carbonyl (C=O) groups excluding carboxylic acids is 1. The lowest BCUT2D eigenvalue weighted by Crippen LogP contribution is -2.48. The maximum atomic E-state index is 14.0. The Morgan fingerprint density at radius 3 is 2.42 bits per heavy atom. The van der Waals surface area contributed by atoms with Crippen molar-refractivity contribution < 1.29 is 22.0 Å². The second-order valence-corrected chi connectivity index (χ2v) is 12.2. The van der Waals surface area contributed by atoms with Crippen molar-refractivity contribution in [2.24, 2.45) is 0 Å². The first-order chi connectivity index (χ1) is 18.3. The number of halogens is 2. The average Bonchev–Trinajstić information content (AvgIpc) is 3.37. The molecule has 0 bridgehead atoms. The second-order valence-electron chi connectivity index (χ2n) is 9.34. The van der Waals surface area contributed by atoms with E-state index < -0.39 is 21.7 Å². The fourth-order valence-electron chi connectivity index (χ4n) is 5.01. The minimum absolute atomic E-state index is 0.146. The lowest BCUT2D eigenvalue weighted by Gasteiger charge is -2.34. The highest BCUT2D eigenvalue weighted by molar-refractivity contribution is 7.92. The molecule has 0 saturated carbocycles. The van der Waals surface area contributed by atoms with Gasteiger partial charge in [-0.2, -0.15) is 0 Å². The Morgan fingerprint density at radius 2 is 1.66 bits per heavy atom. The van der Waals surface area contributed by atoms with Gasteiger partial charge in [-0.1, -0.05) is 29.5 Å². The number of hydrogen-bond acceptors (Lipinski definition) is 6. The molecule has 2 aliphatic heterocycles. The van der Waals surface area contributed by atoms with Crippen LogP contribution in [0.2, 0.25) is 0 Å². The molecule has 196 valence electrons. The van der Waals surface area contributed by atoms with Crippen molar-refractivity contribution in [3.63, 3.8) is 0 Å². The van der Waals surface area contributed by atoms with E-state index in [-0.39, 0.29) is 16.3 Å². The molecule has 0 spiro atoms. The standard InChI is InChI=1S/C27H24F2N4O3S2/c28-20-16-22(29)25-24(17-20)37-27(30-25)32-14-12-31(13-15-32)26(34)19-7-9-21(10-8-19)38(35,36)33-11-3-5-18-4-1-2-6-23(18)33/h1-2,4,6-10,16-17H,3,5,11-15H2. The van der Waals surface area contributed by atoms with Gasteiger partial charge < -0.3 is 9.80 Å². The van der Waals surface area contributed by atoms with E-state index in [1.807, 2.05) is 29.2 Å². The zero-order chi connectivity index (χ0) is 26.4. The minimum Gasteiger partial charge on any atom is -0.345 e. The van der Waals surface area contributed by atoms with Crippen molar-refractivity contribution in [3.8, 4) is 0 Å². The summed E-state index contributed by atoms with van der Waals surface area (Å²) >= 11 is 1.22. The van der Waals surface area contributed by atoms with Gasteiger partial charge in [-0.05, 0) is 54.8 Å². The third-order valence-corrected chi connectivity index (χ3v) is 9.89. The van der Waals surface area contributed by atoms with Crippen molar-refractivity contribution in [3.05, 3.63) is 83.4 Å². The Kier molecular flexibility index (Phi) is 6.27. The number of carbonyl (C=O) groups is 1. The zero-order valence-corrected chi connectivity index (χ0v) is 21.9. The topological polar surface area (TPSA) is 73.8 Å². The summed E-state index contributed by atoms with van der Waals surface area (Å²) in [6.07, 6.45) is 1.60. The highest BCUT2D eigenvalue weighted by Crippen LogP contribution is 2.33. The Bertz CT molecular complexity index is 1630. The Labute approximate surface area is 223 Å². The SMILES string of the molecule is O=C(c1ccc(S(=O)(=O)N2CCCc3ccccc32)cc1)N1CCN(c2nc3c(F)cc(F)cc3s2)CC1. The number of para-hydroxylation sites is 1. The predicted octanol–water partition coefficient (Wildman–Crippen LogP) is 4.68. The molecule has 11 heteroatoms. The number of thiazole rings is 1. The molecule has 0 atom stereocenters. The number of sulfonamides is 1. The maximum absolute atomic E-state index is 14.0. The maximum Gasteiger partial charge on any atom is 0.264 e. The van der Waals surface area contributed by atoms with Crippen molar-refractivity contribution in [1.29, 1.82) is 0 Å². The average molecular weight is 555 g/mol. The number of piperazine rings is 1. The number of rotatable bonds is 4. The summed E-state index contributed by atoms with van der Waals surface area (Å²) in [7, 11) is -3.75. The number of nitrogens with zero attached hydrogens (tertiary/aromatic N) is 4. The molecule has 7 nitrogen and oxygen atoms in total. The zero-order valence-electron chi connectivity index (χ0n) is 20.3. The van der Waals surface area contributed by atoms with Gasteiger partial charge in [0.25, 0.3) is 15.9 Å². The van der Waals surface area contributed by atoms with E-state index in [2.05, 4.69) is 4.98 Å². The van der Waals surface area contributed by atoms with Crippen LogP contribution >= 0.6 is 11.3 Å². The van der Waals surface area contributed by atoms with Crippen molar-refractivity contribution in [2.75, 3.05) is 41.9 Å². The van der Waals surface area contributed by atoms with Crippen LogP contribution in [-0.2, 0) is 16.4 Å². The van der Waals surface area contributed by atoms with Crippen molar-refractivity contribution >= 4 is 48.3 Å². The van der Waals surface area contributed by atoms with Gasteiger partial charge in [-0.15, -0.1) is 0 Å². The smallest absolute Gasteiger partial charge is 0.264 e. The monoisotopic (exact) mass is 554 g/mol. The van der Waals surface area contributed by atoms with Crippen molar-refractivity contribution in [2.45, 2.75) is 17.7 Å². The summed E-state index contributed by atoms with van der Waals surface area (Å²) in [5, 5.41) is 0.588. The van der Waals surface area contributed by atoms with Crippen molar-refractivity contribution in [1.82, 2.24) is 9.88 Å². The number of aromatic nitrogens is 1. The molecular weight excluding hydrogens is 530 g/mol. The Hall–Kier alpha value is -3.57. The van der Waals surface area contributed by atoms with Crippen LogP contribution in [0, 0.1) is 11.6 Å². The molecule has 3 aromatic carbocycles. The van der Waals surface area contributed by atoms with Crippen LogP contribution in [0.4, 0.5) is 19.6 Å². The molecule has 2 aliphatic rings. The summed E-state index contributed by atoms with van der Waals surface area (Å²) in [4.78, 5) is 21.3. The van der Waals surface area contributed by atoms with Gasteiger partial charge in [0.1, 0.15) is 11.3 Å². The van der Waals surface area contributed by atoms with Gasteiger partial charge >= 0.3 is 0 Å². The second kappa shape index (κ2) is 9.63. The van der Waals surface area contributed by atoms with Gasteiger partial charge in [0.2, 0.25) is 0 Å². The molecule has 1 saturated heterocycles. The van der Waals surface area contributed by atoms with Gasteiger partial charge in [0, 0.05) is 44.4 Å². The quantitative estimate of drug-likeness (QED) is 0.366. The summed E-state index contributed by atoms with van der Waals surface area (Å²) in [6, 6.07) is 15.7. The first kappa shape index (κ1) is 24.7. The molecule has 0 radical (unpaired) electrons. The van der Waals surface area contributed by atoms with Gasteiger partial charge in [0.05, 0.1) is 15.3 Å². The number of aryl methyl sites for hydroxylation is 1. The lowest BCUT2D eigenvalue weighted by molar-refractivity contribution is 0.0746. The Morgan fingerprint density at radius 1 is 0.921 bits per heavy atom. The van der Waals surface area contributed by atoms with E-state index in [1.165, 1.54) is 33.8 Å². The fourth-order valence-corrected chi connectivity index (χ4v) is 7.61. The predicted molar refractivity (Wildman–Crippen MR) is 143 cm³/mol. The third-order valence-electron chi connectivity index (χ3n) is 7.00. The van der Waals surface area contributed by atoms with Crippen LogP contribution in [0.25, 0.3) is 10.2 Å². The van der Waals surface area contributed by atoms with Crippen LogP contribution in [0.5, 0.6) is 0 Å². The first-order valence-corrected chi connectivity index (χ1v) is 14.6. The van der Waals surface area contributed by atoms with Crippen LogP contribution in [0.3, 0.4) is 0 Å². The van der Waals surface area contributed by atoms with Crippen LogP contribution in [-0.4, -0.2) is 56.9 Å². The van der Waals surface area contributed by atoms with E-state index >= 15 is 0 Å². The molecule has 4 aromatic rings.